The van der Waals surface area contributed by atoms with Gasteiger partial charge in [0.2, 0.25) is 0 Å². The fourth-order valence-electron chi connectivity index (χ4n) is 2.42. The highest BCUT2D eigenvalue weighted by Crippen LogP contribution is 2.21. The summed E-state index contributed by atoms with van der Waals surface area (Å²) in [6.07, 6.45) is 1.15. The number of nitrogens with one attached hydrogen (secondary N) is 4. The van der Waals surface area contributed by atoms with Crippen LogP contribution in [-0.2, 0) is 10.0 Å². The first-order valence-corrected chi connectivity index (χ1v) is 10.4. The number of methoxy groups -OCH3 is 1. The van der Waals surface area contributed by atoms with Gasteiger partial charge in [-0.3, -0.25) is 21.1 Å². The van der Waals surface area contributed by atoms with Gasteiger partial charge in [-0.2, -0.15) is 0 Å². The SMILES string of the molecule is COc1ccc(C(=O)NNc2ncnc(NNS(=O)(=O)c3ccc(C)cc3)c2N)cc1. The molecule has 1 heterocycles. The van der Waals surface area contributed by atoms with Crippen molar-refractivity contribution in [1.82, 2.24) is 20.2 Å². The van der Waals surface area contributed by atoms with Gasteiger partial charge >= 0.3 is 0 Å². The molecule has 11 nitrogen and oxygen atoms in total. The number of anilines is 3. The molecule has 162 valence electrons. The molecule has 0 unspecified atom stereocenters. The number of amides is 1. The molecule has 0 fully saturated rings. The van der Waals surface area contributed by atoms with Crippen LogP contribution < -0.4 is 31.6 Å². The van der Waals surface area contributed by atoms with Gasteiger partial charge in [-0.25, -0.2) is 18.4 Å². The summed E-state index contributed by atoms with van der Waals surface area (Å²) < 4.78 is 29.8. The number of carbonyl (C=O) groups excluding carboxylic acids is 1. The number of aromatic nitrogens is 2. The number of nitrogen functional groups attached to an aromatic ring is 1. The number of hydrogen-bond donors (Lipinski definition) is 5. The lowest BCUT2D eigenvalue weighted by atomic mass is 10.2. The lowest BCUT2D eigenvalue weighted by Crippen LogP contribution is -2.32. The summed E-state index contributed by atoms with van der Waals surface area (Å²) in [4.78, 5) is 22.4. The van der Waals surface area contributed by atoms with Crippen molar-refractivity contribution in [2.45, 2.75) is 11.8 Å². The number of hydrazine groups is 2. The van der Waals surface area contributed by atoms with E-state index in [1.165, 1.54) is 19.2 Å². The number of nitrogens with two attached hydrogens (primary N) is 1. The Balaban J connectivity index is 1.65. The number of nitrogens with zero attached hydrogens (tertiary/aromatic N) is 2. The normalized spacial score (nSPS) is 10.9. The van der Waals surface area contributed by atoms with Gasteiger partial charge in [-0.05, 0) is 43.3 Å². The molecule has 0 bridgehead atoms. The van der Waals surface area contributed by atoms with E-state index in [4.69, 9.17) is 10.5 Å². The monoisotopic (exact) mass is 443 g/mol. The average Bonchev–Trinajstić information content (AvgIpc) is 2.77. The van der Waals surface area contributed by atoms with Gasteiger partial charge in [0.25, 0.3) is 15.9 Å². The highest BCUT2D eigenvalue weighted by molar-refractivity contribution is 7.89. The molecule has 0 saturated heterocycles. The Morgan fingerprint density at radius 1 is 0.968 bits per heavy atom. The van der Waals surface area contributed by atoms with Crippen LogP contribution in [0.1, 0.15) is 15.9 Å². The smallest absolute Gasteiger partial charge is 0.269 e. The Kier molecular flexibility index (Phi) is 6.52. The van der Waals surface area contributed by atoms with Crippen molar-refractivity contribution in [2.24, 2.45) is 0 Å². The van der Waals surface area contributed by atoms with Gasteiger partial charge in [-0.1, -0.05) is 17.7 Å². The fraction of sp³-hybridized carbons (Fsp3) is 0.105. The summed E-state index contributed by atoms with van der Waals surface area (Å²) in [6, 6.07) is 12.8. The third kappa shape index (κ3) is 5.38. The number of sulfonamides is 1. The molecule has 31 heavy (non-hydrogen) atoms. The maximum atomic E-state index is 12.4. The maximum Gasteiger partial charge on any atom is 0.269 e. The molecule has 1 aromatic heterocycles. The molecule has 3 aromatic rings. The first-order chi connectivity index (χ1) is 14.8. The van der Waals surface area contributed by atoms with Crippen molar-refractivity contribution in [3.05, 3.63) is 66.0 Å². The van der Waals surface area contributed by atoms with Crippen LogP contribution in [0.2, 0.25) is 0 Å². The molecule has 6 N–H and O–H groups in total. The van der Waals surface area contributed by atoms with Crippen molar-refractivity contribution < 1.29 is 17.9 Å². The van der Waals surface area contributed by atoms with E-state index in [9.17, 15) is 13.2 Å². The van der Waals surface area contributed by atoms with Gasteiger partial charge in [0.15, 0.2) is 11.6 Å². The summed E-state index contributed by atoms with van der Waals surface area (Å²) in [7, 11) is -2.32. The number of ether oxygens (including phenoxy) is 1. The standard InChI is InChI=1S/C19H21N7O4S/c1-12-3-9-15(10-4-12)31(28,29)26-24-18-16(20)17(21-11-22-18)23-25-19(27)13-5-7-14(30-2)8-6-13/h3-11,26H,20H2,1-2H3,(H,25,27)(H2,21,22,23,24). The molecule has 3 rings (SSSR count). The van der Waals surface area contributed by atoms with Crippen LogP contribution in [0, 0.1) is 6.92 Å². The van der Waals surface area contributed by atoms with Gasteiger partial charge in [0, 0.05) is 5.56 Å². The predicted octanol–water partition coefficient (Wildman–Crippen LogP) is 1.44. The molecule has 0 atom stereocenters. The first-order valence-electron chi connectivity index (χ1n) is 8.95. The second-order valence-electron chi connectivity index (χ2n) is 6.34. The third-order valence-corrected chi connectivity index (χ3v) is 5.43. The molecule has 0 aliphatic rings. The number of aryl methyl sites for hydroxylation is 1. The van der Waals surface area contributed by atoms with Gasteiger partial charge in [0.1, 0.15) is 17.8 Å². The van der Waals surface area contributed by atoms with E-state index in [2.05, 4.69) is 31.1 Å². The quantitative estimate of drug-likeness (QED) is 0.324. The Morgan fingerprint density at radius 2 is 1.58 bits per heavy atom. The Morgan fingerprint density at radius 3 is 2.19 bits per heavy atom. The van der Waals surface area contributed by atoms with E-state index in [1.807, 2.05) is 6.92 Å². The minimum Gasteiger partial charge on any atom is -0.497 e. The summed E-state index contributed by atoms with van der Waals surface area (Å²) in [5.74, 6) is 0.268. The minimum atomic E-state index is -3.85. The van der Waals surface area contributed by atoms with E-state index in [0.29, 0.717) is 11.3 Å². The summed E-state index contributed by atoms with van der Waals surface area (Å²) >= 11 is 0. The minimum absolute atomic E-state index is 0.00637. The van der Waals surface area contributed by atoms with Crippen molar-refractivity contribution in [1.29, 1.82) is 0 Å². The fourth-order valence-corrected chi connectivity index (χ4v) is 3.26. The van der Waals surface area contributed by atoms with Crippen LogP contribution in [-0.4, -0.2) is 31.4 Å². The highest BCUT2D eigenvalue weighted by Gasteiger charge is 2.16. The number of rotatable bonds is 8. The van der Waals surface area contributed by atoms with E-state index < -0.39 is 15.9 Å². The van der Waals surface area contributed by atoms with E-state index in [0.717, 1.165) is 11.9 Å². The third-order valence-electron chi connectivity index (χ3n) is 4.17. The predicted molar refractivity (Wildman–Crippen MR) is 116 cm³/mol. The van der Waals surface area contributed by atoms with Crippen molar-refractivity contribution in [3.8, 4) is 5.75 Å². The summed E-state index contributed by atoms with van der Waals surface area (Å²) in [5.41, 5.74) is 14.8. The zero-order valence-electron chi connectivity index (χ0n) is 16.7. The molecule has 0 aliphatic carbocycles. The molecular weight excluding hydrogens is 422 g/mol. The Bertz CT molecular complexity index is 1170. The lowest BCUT2D eigenvalue weighted by molar-refractivity contribution is 0.0962. The number of carbonyl (C=O) groups is 1. The molecule has 0 aliphatic heterocycles. The molecular formula is C19H21N7O4S. The number of hydrogen-bond acceptors (Lipinski definition) is 9. The summed E-state index contributed by atoms with van der Waals surface area (Å²) in [5, 5.41) is 0. The molecule has 1 amide bonds. The summed E-state index contributed by atoms with van der Waals surface area (Å²) in [6.45, 7) is 1.85. The van der Waals surface area contributed by atoms with Crippen molar-refractivity contribution in [2.75, 3.05) is 23.7 Å². The second-order valence-corrected chi connectivity index (χ2v) is 8.02. The van der Waals surface area contributed by atoms with Crippen molar-refractivity contribution in [3.63, 3.8) is 0 Å². The Labute approximate surface area is 179 Å². The van der Waals surface area contributed by atoms with Gasteiger partial charge in [-0.15, -0.1) is 4.83 Å². The van der Waals surface area contributed by atoms with Crippen LogP contribution in [0.3, 0.4) is 0 Å². The maximum absolute atomic E-state index is 12.4. The van der Waals surface area contributed by atoms with Crippen molar-refractivity contribution >= 4 is 33.3 Å². The van der Waals surface area contributed by atoms with Gasteiger partial charge in [0.05, 0.1) is 12.0 Å². The molecule has 2 aromatic carbocycles. The van der Waals surface area contributed by atoms with Crippen LogP contribution in [0.5, 0.6) is 5.75 Å². The topological polar surface area (TPSA) is 160 Å². The molecule has 0 radical (unpaired) electrons. The van der Waals surface area contributed by atoms with E-state index in [1.54, 1.807) is 36.4 Å². The van der Waals surface area contributed by atoms with Gasteiger partial charge < -0.3 is 10.5 Å². The van der Waals surface area contributed by atoms with E-state index in [-0.39, 0.29) is 22.2 Å². The molecule has 12 heteroatoms. The largest absolute Gasteiger partial charge is 0.497 e. The van der Waals surface area contributed by atoms with Crippen LogP contribution >= 0.6 is 0 Å². The zero-order valence-corrected chi connectivity index (χ0v) is 17.5. The van der Waals surface area contributed by atoms with Crippen LogP contribution in [0.15, 0.2) is 59.8 Å². The number of benzene rings is 2. The lowest BCUT2D eigenvalue weighted by Gasteiger charge is -2.14. The first kappa shape index (κ1) is 21.8. The average molecular weight is 443 g/mol. The van der Waals surface area contributed by atoms with E-state index >= 15 is 0 Å². The second kappa shape index (κ2) is 9.28. The van der Waals surface area contributed by atoms with Crippen LogP contribution in [0.4, 0.5) is 17.3 Å². The molecule has 0 spiro atoms. The molecule has 0 saturated carbocycles. The Hall–Kier alpha value is -3.90. The highest BCUT2D eigenvalue weighted by atomic mass is 32.2. The zero-order chi connectivity index (χ0) is 22.4. The van der Waals surface area contributed by atoms with Crippen LogP contribution in [0.25, 0.3) is 0 Å².